The van der Waals surface area contributed by atoms with Crippen LogP contribution in [0.15, 0.2) is 12.2 Å². The molecule has 11 atom stereocenters. The molecule has 9 nitrogen and oxygen atoms in total. The molecule has 0 aromatic carbocycles. The second-order valence-electron chi connectivity index (χ2n) is 15.6. The molecule has 0 bridgehead atoms. The molecule has 1 aliphatic heterocycles. The van der Waals surface area contributed by atoms with Gasteiger partial charge in [0.2, 0.25) is 0 Å². The molecule has 46 heavy (non-hydrogen) atoms. The number of unbranched alkanes of at least 4 members (excludes halogenated alkanes) is 4. The molecule has 3 rings (SSSR count). The maximum atomic E-state index is 12.2. The molecule has 1 saturated heterocycles. The standard InChI is InChI=1S/C37H70N4O5/c1-4-6-8-11-26-14-15-28(33(42)19-26)12-9-7-10-13-32(36(44)45)34(43)21-31(25-39-3)37(46)22-29(30(23-37)24-40-5-2)18-27-16-17-41-35(38)20-27/h14-15,26-35,39-43,46H,4-13,16-25,38H2,1-3H3,(H,44,45)/p+2. The number of rotatable bonds is 22. The predicted octanol–water partition coefficient (Wildman–Crippen LogP) is -0.0142. The number of piperidine rings is 1. The van der Waals surface area contributed by atoms with Crippen LogP contribution in [0.2, 0.25) is 0 Å². The first kappa shape index (κ1) is 39.4. The third kappa shape index (κ3) is 12.4. The van der Waals surface area contributed by atoms with Crippen LogP contribution >= 0.6 is 0 Å². The van der Waals surface area contributed by atoms with Crippen molar-refractivity contribution in [3.8, 4) is 0 Å². The van der Waals surface area contributed by atoms with E-state index >= 15 is 0 Å². The molecule has 0 aromatic rings. The van der Waals surface area contributed by atoms with Crippen LogP contribution in [0.4, 0.5) is 0 Å². The summed E-state index contributed by atoms with van der Waals surface area (Å²) in [6, 6.07) is 0. The number of hydrogen-bond donors (Lipinski definition) is 7. The van der Waals surface area contributed by atoms with Crippen molar-refractivity contribution in [2.24, 2.45) is 47.2 Å². The van der Waals surface area contributed by atoms with Crippen LogP contribution in [0, 0.1) is 41.4 Å². The number of carboxylic acid groups (broad SMARTS) is 1. The third-order valence-corrected chi connectivity index (χ3v) is 11.9. The topological polar surface area (TPSA) is 177 Å². The zero-order chi connectivity index (χ0) is 33.5. The minimum atomic E-state index is -1.19. The summed E-state index contributed by atoms with van der Waals surface area (Å²) >= 11 is 0. The van der Waals surface area contributed by atoms with Crippen LogP contribution in [0.3, 0.4) is 0 Å². The summed E-state index contributed by atoms with van der Waals surface area (Å²) < 4.78 is 0. The molecule has 2 aliphatic carbocycles. The van der Waals surface area contributed by atoms with Gasteiger partial charge >= 0.3 is 0 Å². The quantitative estimate of drug-likeness (QED) is 0.0639. The van der Waals surface area contributed by atoms with Crippen LogP contribution in [-0.4, -0.2) is 78.5 Å². The Kier molecular flexibility index (Phi) is 17.5. The summed E-state index contributed by atoms with van der Waals surface area (Å²) in [5.74, 6) is -0.233. The van der Waals surface area contributed by atoms with Crippen molar-refractivity contribution < 1.29 is 41.2 Å². The minimum Gasteiger partial charge on any atom is -0.550 e. The van der Waals surface area contributed by atoms with Gasteiger partial charge in [0.25, 0.3) is 0 Å². The zero-order valence-electron chi connectivity index (χ0n) is 29.5. The lowest BCUT2D eigenvalue weighted by atomic mass is 9.77. The normalized spacial score (nSPS) is 33.6. The molecule has 0 radical (unpaired) electrons. The Morgan fingerprint density at radius 1 is 1.09 bits per heavy atom. The van der Waals surface area contributed by atoms with E-state index in [-0.39, 0.29) is 30.5 Å². The highest BCUT2D eigenvalue weighted by Crippen LogP contribution is 2.47. The molecule has 2 fully saturated rings. The molecule has 1 heterocycles. The van der Waals surface area contributed by atoms with E-state index in [2.05, 4.69) is 41.9 Å². The van der Waals surface area contributed by atoms with E-state index in [1.165, 1.54) is 25.7 Å². The van der Waals surface area contributed by atoms with Gasteiger partial charge in [0.15, 0.2) is 0 Å². The average Bonchev–Trinajstić information content (AvgIpc) is 3.33. The smallest absolute Gasteiger partial charge is 0.137 e. The van der Waals surface area contributed by atoms with Gasteiger partial charge in [-0.15, -0.1) is 0 Å². The van der Waals surface area contributed by atoms with E-state index in [9.17, 15) is 25.2 Å². The molecule has 0 aromatic heterocycles. The number of carbonyl (C=O) groups excluding carboxylic acids is 1. The highest BCUT2D eigenvalue weighted by molar-refractivity contribution is 5.68. The Morgan fingerprint density at radius 2 is 1.85 bits per heavy atom. The number of hydrogen-bond acceptors (Lipinski definition) is 6. The fourth-order valence-electron chi connectivity index (χ4n) is 9.19. The van der Waals surface area contributed by atoms with Gasteiger partial charge in [-0.3, -0.25) is 5.73 Å². The summed E-state index contributed by atoms with van der Waals surface area (Å²) in [4.78, 5) is 12.2. The summed E-state index contributed by atoms with van der Waals surface area (Å²) in [5.41, 5.74) is 5.36. The number of quaternary nitrogens is 3. The largest absolute Gasteiger partial charge is 0.550 e. The molecule has 11 unspecified atom stereocenters. The maximum absolute atomic E-state index is 12.2. The number of aliphatic hydroxyl groups excluding tert-OH is 2. The number of carbonyl (C=O) groups is 1. The molecule has 11 N–H and O–H groups in total. The van der Waals surface area contributed by atoms with Crippen molar-refractivity contribution in [1.82, 2.24) is 0 Å². The SMILES string of the molecule is CCCCCC1C=CC(CCCCCC(C(=O)[O-])C(O)CC(C[NH2+]C)C2(O)CC(C[NH2+]CC)C(CC3CC[NH2+]C(N)C3)C2)C(O)C1. The number of allylic oxidation sites excluding steroid dienone is 1. The van der Waals surface area contributed by atoms with Crippen LogP contribution in [0.5, 0.6) is 0 Å². The van der Waals surface area contributed by atoms with Gasteiger partial charge in [0, 0.05) is 36.1 Å². The molecular formula is C37H72N4O5+2. The van der Waals surface area contributed by atoms with Crippen molar-refractivity contribution in [3.05, 3.63) is 12.2 Å². The van der Waals surface area contributed by atoms with Gasteiger partial charge < -0.3 is 41.2 Å². The predicted molar refractivity (Wildman–Crippen MR) is 180 cm³/mol. The van der Waals surface area contributed by atoms with Crippen LogP contribution in [0.1, 0.15) is 117 Å². The first-order chi connectivity index (χ1) is 22.1. The molecule has 0 amide bonds. The van der Waals surface area contributed by atoms with E-state index < -0.39 is 23.6 Å². The van der Waals surface area contributed by atoms with E-state index in [0.717, 1.165) is 64.6 Å². The number of aliphatic hydroxyl groups is 3. The molecule has 0 spiro atoms. The first-order valence-corrected chi connectivity index (χ1v) is 19.3. The summed E-state index contributed by atoms with van der Waals surface area (Å²) in [6.45, 7) is 8.11. The minimum absolute atomic E-state index is 0.169. The number of aliphatic carboxylic acids is 1. The molecular weight excluding hydrogens is 580 g/mol. The van der Waals surface area contributed by atoms with E-state index in [0.29, 0.717) is 55.9 Å². The summed E-state index contributed by atoms with van der Waals surface area (Å²) in [6.07, 6.45) is 17.8. The van der Waals surface area contributed by atoms with Crippen LogP contribution in [0.25, 0.3) is 0 Å². The van der Waals surface area contributed by atoms with Crippen molar-refractivity contribution in [3.63, 3.8) is 0 Å². The average molecular weight is 653 g/mol. The Morgan fingerprint density at radius 3 is 2.52 bits per heavy atom. The molecule has 3 aliphatic rings. The third-order valence-electron chi connectivity index (χ3n) is 11.9. The van der Waals surface area contributed by atoms with Gasteiger partial charge in [-0.1, -0.05) is 57.6 Å². The first-order valence-electron chi connectivity index (χ1n) is 19.3. The lowest BCUT2D eigenvalue weighted by molar-refractivity contribution is -0.699. The second kappa shape index (κ2) is 20.4. The number of carboxylic acids is 1. The van der Waals surface area contributed by atoms with Gasteiger partial charge in [0.05, 0.1) is 51.0 Å². The molecule has 9 heteroatoms. The van der Waals surface area contributed by atoms with Gasteiger partial charge in [-0.2, -0.15) is 0 Å². The van der Waals surface area contributed by atoms with Gasteiger partial charge in [-0.25, -0.2) is 0 Å². The van der Waals surface area contributed by atoms with Crippen molar-refractivity contribution in [1.29, 1.82) is 0 Å². The van der Waals surface area contributed by atoms with Gasteiger partial charge in [0.1, 0.15) is 6.17 Å². The van der Waals surface area contributed by atoms with E-state index in [1.54, 1.807) is 0 Å². The molecule has 268 valence electrons. The Hall–Kier alpha value is -1.07. The van der Waals surface area contributed by atoms with Gasteiger partial charge in [-0.05, 0) is 82.5 Å². The Balaban J connectivity index is 1.52. The maximum Gasteiger partial charge on any atom is 0.137 e. The summed E-state index contributed by atoms with van der Waals surface area (Å²) in [7, 11) is 1.98. The zero-order valence-corrected chi connectivity index (χ0v) is 29.5. The fraction of sp³-hybridized carbons (Fsp3) is 0.919. The van der Waals surface area contributed by atoms with Crippen molar-refractivity contribution >= 4 is 5.97 Å². The van der Waals surface area contributed by atoms with E-state index in [4.69, 9.17) is 5.73 Å². The monoisotopic (exact) mass is 653 g/mol. The lowest BCUT2D eigenvalue weighted by Gasteiger charge is -2.35. The van der Waals surface area contributed by atoms with Crippen molar-refractivity contribution in [2.45, 2.75) is 141 Å². The van der Waals surface area contributed by atoms with Crippen molar-refractivity contribution in [2.75, 3.05) is 33.2 Å². The summed E-state index contributed by atoms with van der Waals surface area (Å²) in [5, 5.41) is 53.0. The highest BCUT2D eigenvalue weighted by atomic mass is 16.4. The Bertz CT molecular complexity index is 892. The number of nitrogens with two attached hydrogens (primary N) is 4. The fourth-order valence-corrected chi connectivity index (χ4v) is 9.19. The van der Waals surface area contributed by atoms with Crippen LogP contribution in [-0.2, 0) is 4.79 Å². The molecule has 1 saturated carbocycles. The Labute approximate surface area is 279 Å². The lowest BCUT2D eigenvalue weighted by Crippen LogP contribution is -2.94. The second-order valence-corrected chi connectivity index (χ2v) is 15.6. The van der Waals surface area contributed by atoms with E-state index in [1.807, 2.05) is 7.05 Å². The van der Waals surface area contributed by atoms with Crippen LogP contribution < -0.4 is 26.8 Å². The highest BCUT2D eigenvalue weighted by Gasteiger charge is 2.50.